The number of rotatable bonds is 4. The molecule has 84 valence electrons. The van der Waals surface area contributed by atoms with Gasteiger partial charge in [0, 0.05) is 0 Å². The summed E-state index contributed by atoms with van der Waals surface area (Å²) in [7, 11) is 0. The van der Waals surface area contributed by atoms with Crippen LogP contribution in [0.3, 0.4) is 0 Å². The molecule has 0 radical (unpaired) electrons. The molecule has 0 aliphatic heterocycles. The average molecular weight is 214 g/mol. The second kappa shape index (κ2) is 5.08. The Kier molecular flexibility index (Phi) is 4.43. The lowest BCUT2D eigenvalue weighted by Gasteiger charge is -1.92. The van der Waals surface area contributed by atoms with Crippen molar-refractivity contribution >= 4 is 11.6 Å². The number of primary amides is 1. The monoisotopic (exact) mass is 214 g/mol. The van der Waals surface area contributed by atoms with Crippen molar-refractivity contribution in [3.8, 4) is 0 Å². The first-order valence-electron chi connectivity index (χ1n) is 4.09. The Labute approximate surface area is 86.8 Å². The van der Waals surface area contributed by atoms with Crippen molar-refractivity contribution in [2.24, 2.45) is 5.73 Å². The van der Waals surface area contributed by atoms with Crippen molar-refractivity contribution in [1.82, 2.24) is 10.2 Å². The Morgan fingerprint density at radius 1 is 1.67 bits per heavy atom. The molecule has 0 aromatic carbocycles. The lowest BCUT2D eigenvalue weighted by atomic mass is 10.2. The summed E-state index contributed by atoms with van der Waals surface area (Å²) in [6.45, 7) is 1.86. The first-order valence-corrected chi connectivity index (χ1v) is 4.09. The van der Waals surface area contributed by atoms with Crippen molar-refractivity contribution in [3.05, 3.63) is 21.5 Å². The molecule has 0 spiro atoms. The topological polar surface area (TPSA) is 115 Å². The van der Waals surface area contributed by atoms with Crippen LogP contribution in [0.25, 0.3) is 0 Å². The normalized spacial score (nSPS) is 9.40. The van der Waals surface area contributed by atoms with E-state index in [0.29, 0.717) is 12.8 Å². The molecule has 7 heteroatoms. The van der Waals surface area contributed by atoms with Gasteiger partial charge in [0.2, 0.25) is 5.69 Å². The van der Waals surface area contributed by atoms with Gasteiger partial charge < -0.3 is 5.73 Å². The van der Waals surface area contributed by atoms with Crippen LogP contribution in [-0.4, -0.2) is 21.0 Å². The highest BCUT2D eigenvalue weighted by Crippen LogP contribution is 2.21. The molecular weight excluding hydrogens is 200 g/mol. The number of aromatic amines is 1. The molecule has 0 saturated carbocycles. The van der Waals surface area contributed by atoms with Gasteiger partial charge in [0.25, 0.3) is 5.91 Å². The minimum absolute atomic E-state index is 0. The Balaban J connectivity index is 0.00000196. The fourth-order valence-corrected chi connectivity index (χ4v) is 1.15. The van der Waals surface area contributed by atoms with E-state index in [1.165, 1.54) is 0 Å². The highest BCUT2D eigenvalue weighted by Gasteiger charge is 2.26. The maximum atomic E-state index is 10.8. The summed E-state index contributed by atoms with van der Waals surface area (Å²) in [5.74, 6) is -0.869. The van der Waals surface area contributed by atoms with Crippen molar-refractivity contribution < 1.29 is 9.72 Å². The van der Waals surface area contributed by atoms with Gasteiger partial charge in [-0.25, -0.2) is 0 Å². The average Bonchev–Trinajstić information content (AvgIpc) is 2.48. The molecule has 15 heavy (non-hydrogen) atoms. The van der Waals surface area contributed by atoms with Crippen molar-refractivity contribution in [2.75, 3.05) is 0 Å². The van der Waals surface area contributed by atoms with Crippen LogP contribution in [0.2, 0.25) is 0 Å². The number of carbonyl (C=O) groups excluding carboxylic acids is 1. The standard InChI is InChI=1S/C7H10N4O3.CH4/c1-2-3-4-6(11(13)14)5(7(8)12)10-9-4;/h2-3H2,1H3,(H2,8,12)(H,9,10);1H4. The number of aromatic nitrogens is 2. The number of carbonyl (C=O) groups is 1. The Morgan fingerprint density at radius 2 is 2.27 bits per heavy atom. The van der Waals surface area contributed by atoms with Gasteiger partial charge in [-0.15, -0.1) is 0 Å². The zero-order chi connectivity index (χ0) is 10.7. The largest absolute Gasteiger partial charge is 0.364 e. The van der Waals surface area contributed by atoms with Crippen LogP contribution in [0.1, 0.15) is 37.0 Å². The Morgan fingerprint density at radius 3 is 2.67 bits per heavy atom. The highest BCUT2D eigenvalue weighted by molar-refractivity contribution is 5.95. The van der Waals surface area contributed by atoms with Gasteiger partial charge >= 0.3 is 5.69 Å². The van der Waals surface area contributed by atoms with Crippen molar-refractivity contribution in [3.63, 3.8) is 0 Å². The predicted molar refractivity (Wildman–Crippen MR) is 54.5 cm³/mol. The molecule has 0 saturated heterocycles. The number of nitrogens with two attached hydrogens (primary N) is 1. The van der Waals surface area contributed by atoms with E-state index in [0.717, 1.165) is 0 Å². The third-order valence-electron chi connectivity index (χ3n) is 1.73. The molecular formula is C8H14N4O3. The molecule has 1 aromatic rings. The van der Waals surface area contributed by atoms with Crippen molar-refractivity contribution in [1.29, 1.82) is 0 Å². The number of hydrogen-bond acceptors (Lipinski definition) is 4. The van der Waals surface area contributed by atoms with Gasteiger partial charge in [0.1, 0.15) is 5.69 Å². The fraction of sp³-hybridized carbons (Fsp3) is 0.500. The molecule has 0 unspecified atom stereocenters. The first kappa shape index (κ1) is 13.1. The zero-order valence-electron chi connectivity index (χ0n) is 7.61. The van der Waals surface area contributed by atoms with Gasteiger partial charge in [0.15, 0.2) is 0 Å². The number of H-pyrrole nitrogens is 1. The summed E-state index contributed by atoms with van der Waals surface area (Å²) >= 11 is 0. The van der Waals surface area contributed by atoms with Crippen LogP contribution in [0.5, 0.6) is 0 Å². The van der Waals surface area contributed by atoms with E-state index < -0.39 is 10.8 Å². The fourth-order valence-electron chi connectivity index (χ4n) is 1.15. The zero-order valence-corrected chi connectivity index (χ0v) is 7.61. The first-order chi connectivity index (χ1) is 6.57. The summed E-state index contributed by atoms with van der Waals surface area (Å²) < 4.78 is 0. The third kappa shape index (κ3) is 2.52. The number of nitrogens with zero attached hydrogens (tertiary/aromatic N) is 2. The van der Waals surface area contributed by atoms with Crippen LogP contribution in [0.15, 0.2) is 0 Å². The molecule has 0 aliphatic carbocycles. The van der Waals surface area contributed by atoms with Crippen LogP contribution in [0, 0.1) is 10.1 Å². The maximum Gasteiger partial charge on any atom is 0.322 e. The highest BCUT2D eigenvalue weighted by atomic mass is 16.6. The maximum absolute atomic E-state index is 10.8. The van der Waals surface area contributed by atoms with Gasteiger partial charge in [-0.3, -0.25) is 20.0 Å². The molecule has 3 N–H and O–H groups in total. The number of hydrogen-bond donors (Lipinski definition) is 2. The summed E-state index contributed by atoms with van der Waals surface area (Å²) in [5, 5.41) is 16.6. The van der Waals surface area contributed by atoms with Gasteiger partial charge in [-0.2, -0.15) is 5.10 Å². The molecule has 0 bridgehead atoms. The number of aryl methyl sites for hydroxylation is 1. The second-order valence-electron chi connectivity index (χ2n) is 2.77. The Bertz CT molecular complexity index is 372. The van der Waals surface area contributed by atoms with Gasteiger partial charge in [-0.1, -0.05) is 20.8 Å². The minimum Gasteiger partial charge on any atom is -0.364 e. The summed E-state index contributed by atoms with van der Waals surface area (Å²) in [6, 6.07) is 0. The van der Waals surface area contributed by atoms with E-state index in [2.05, 4.69) is 10.2 Å². The summed E-state index contributed by atoms with van der Waals surface area (Å²) in [5.41, 5.74) is 4.67. The quantitative estimate of drug-likeness (QED) is 0.574. The number of amides is 1. The van der Waals surface area contributed by atoms with E-state index in [4.69, 9.17) is 5.73 Å². The SMILES string of the molecule is C.CCCc1n[nH]c(C(N)=O)c1[N+](=O)[O-]. The van der Waals surface area contributed by atoms with Crippen LogP contribution in [0.4, 0.5) is 5.69 Å². The van der Waals surface area contributed by atoms with Crippen LogP contribution >= 0.6 is 0 Å². The van der Waals surface area contributed by atoms with E-state index in [-0.39, 0.29) is 24.5 Å². The van der Waals surface area contributed by atoms with E-state index in [1.54, 1.807) is 0 Å². The molecule has 1 amide bonds. The van der Waals surface area contributed by atoms with Crippen molar-refractivity contribution in [2.45, 2.75) is 27.2 Å². The molecule has 0 atom stereocenters. The smallest absolute Gasteiger partial charge is 0.322 e. The van der Waals surface area contributed by atoms with Gasteiger partial charge in [0.05, 0.1) is 4.92 Å². The van der Waals surface area contributed by atoms with Crippen LogP contribution < -0.4 is 5.73 Å². The third-order valence-corrected chi connectivity index (χ3v) is 1.73. The molecule has 1 heterocycles. The lowest BCUT2D eigenvalue weighted by Crippen LogP contribution is -2.13. The molecule has 1 aromatic heterocycles. The predicted octanol–water partition coefficient (Wildman–Crippen LogP) is 1.01. The number of nitrogens with one attached hydrogen (secondary N) is 1. The van der Waals surface area contributed by atoms with E-state index in [9.17, 15) is 14.9 Å². The van der Waals surface area contributed by atoms with Gasteiger partial charge in [-0.05, 0) is 6.42 Å². The summed E-state index contributed by atoms with van der Waals surface area (Å²) in [4.78, 5) is 20.8. The molecule has 0 fully saturated rings. The molecule has 0 aliphatic rings. The van der Waals surface area contributed by atoms with E-state index in [1.807, 2.05) is 6.92 Å². The second-order valence-corrected chi connectivity index (χ2v) is 2.77. The minimum atomic E-state index is -0.869. The summed E-state index contributed by atoms with van der Waals surface area (Å²) in [6.07, 6.45) is 1.16. The Hall–Kier alpha value is -1.92. The molecule has 7 nitrogen and oxygen atoms in total. The number of nitro groups is 1. The van der Waals surface area contributed by atoms with E-state index >= 15 is 0 Å². The van der Waals surface area contributed by atoms with Crippen LogP contribution in [-0.2, 0) is 6.42 Å². The molecule has 1 rings (SSSR count). The lowest BCUT2D eigenvalue weighted by molar-refractivity contribution is -0.385.